The molecule has 1 atom stereocenters. The maximum Gasteiger partial charge on any atom is 0.191 e. The fourth-order valence-electron chi connectivity index (χ4n) is 3.26. The fraction of sp³-hybridized carbons (Fsp3) is 0.650. The van der Waals surface area contributed by atoms with Crippen molar-refractivity contribution >= 4 is 5.96 Å². The van der Waals surface area contributed by atoms with Gasteiger partial charge < -0.3 is 15.4 Å². The normalized spacial score (nSPS) is 17.3. The van der Waals surface area contributed by atoms with Crippen LogP contribution in [0, 0.1) is 11.7 Å². The van der Waals surface area contributed by atoms with E-state index in [1.165, 1.54) is 12.1 Å². The minimum Gasteiger partial charge on any atom is -0.379 e. The SMILES string of the molecule is CCC(CC)CNC(=NC)NCC(c1ccc(F)cc1)N1CCOCC1. The van der Waals surface area contributed by atoms with Crippen molar-refractivity contribution < 1.29 is 9.13 Å². The fourth-order valence-corrected chi connectivity index (χ4v) is 3.26. The van der Waals surface area contributed by atoms with Crippen LogP contribution in [-0.4, -0.2) is 57.3 Å². The molecule has 6 heteroatoms. The molecule has 1 unspecified atom stereocenters. The summed E-state index contributed by atoms with van der Waals surface area (Å²) in [6, 6.07) is 6.97. The number of ether oxygens (including phenoxy) is 1. The quantitative estimate of drug-likeness (QED) is 0.550. The van der Waals surface area contributed by atoms with Crippen molar-refractivity contribution in [3.05, 3.63) is 35.6 Å². The first-order valence-electron chi connectivity index (χ1n) is 9.69. The summed E-state index contributed by atoms with van der Waals surface area (Å²) in [4.78, 5) is 6.73. The van der Waals surface area contributed by atoms with Crippen molar-refractivity contribution in [3.8, 4) is 0 Å². The third kappa shape index (κ3) is 6.25. The zero-order chi connectivity index (χ0) is 18.8. The highest BCUT2D eigenvalue weighted by Crippen LogP contribution is 2.21. The lowest BCUT2D eigenvalue weighted by Crippen LogP contribution is -2.47. The van der Waals surface area contributed by atoms with Crippen molar-refractivity contribution in [1.82, 2.24) is 15.5 Å². The van der Waals surface area contributed by atoms with Crippen LogP contribution in [0.5, 0.6) is 0 Å². The summed E-state index contributed by atoms with van der Waals surface area (Å²) < 4.78 is 18.8. The lowest BCUT2D eigenvalue weighted by atomic mass is 10.0. The molecule has 1 heterocycles. The van der Waals surface area contributed by atoms with Crippen molar-refractivity contribution in [2.45, 2.75) is 32.7 Å². The lowest BCUT2D eigenvalue weighted by molar-refractivity contribution is 0.0170. The van der Waals surface area contributed by atoms with Crippen LogP contribution in [0.25, 0.3) is 0 Å². The second-order valence-corrected chi connectivity index (χ2v) is 6.73. The molecule has 0 spiro atoms. The smallest absolute Gasteiger partial charge is 0.191 e. The number of halogens is 1. The Labute approximate surface area is 157 Å². The van der Waals surface area contributed by atoms with Gasteiger partial charge in [-0.05, 0) is 23.6 Å². The molecule has 0 radical (unpaired) electrons. The highest BCUT2D eigenvalue weighted by Gasteiger charge is 2.23. The molecule has 1 saturated heterocycles. The molecule has 0 saturated carbocycles. The van der Waals surface area contributed by atoms with E-state index in [0.29, 0.717) is 12.5 Å². The Kier molecular flexibility index (Phi) is 8.85. The summed E-state index contributed by atoms with van der Waals surface area (Å²) in [6.45, 7) is 9.30. The number of morpholine rings is 1. The molecular weight excluding hydrogens is 331 g/mol. The molecule has 1 aromatic carbocycles. The molecule has 1 fully saturated rings. The van der Waals surface area contributed by atoms with E-state index in [1.54, 1.807) is 7.05 Å². The summed E-state index contributed by atoms with van der Waals surface area (Å²) in [5.41, 5.74) is 1.11. The molecular formula is C20H33FN4O. The Morgan fingerprint density at radius 1 is 1.12 bits per heavy atom. The number of hydrogen-bond acceptors (Lipinski definition) is 3. The van der Waals surface area contributed by atoms with Gasteiger partial charge in [0.25, 0.3) is 0 Å². The molecule has 146 valence electrons. The topological polar surface area (TPSA) is 48.9 Å². The summed E-state index contributed by atoms with van der Waals surface area (Å²) >= 11 is 0. The largest absolute Gasteiger partial charge is 0.379 e. The highest BCUT2D eigenvalue weighted by atomic mass is 19.1. The van der Waals surface area contributed by atoms with Crippen LogP contribution < -0.4 is 10.6 Å². The van der Waals surface area contributed by atoms with Gasteiger partial charge in [0.1, 0.15) is 5.82 Å². The van der Waals surface area contributed by atoms with Crippen LogP contribution in [0.1, 0.15) is 38.3 Å². The van der Waals surface area contributed by atoms with Gasteiger partial charge in [0.05, 0.1) is 19.3 Å². The van der Waals surface area contributed by atoms with E-state index >= 15 is 0 Å². The van der Waals surface area contributed by atoms with Gasteiger partial charge in [0, 0.05) is 33.2 Å². The molecule has 0 aromatic heterocycles. The average Bonchev–Trinajstić information content (AvgIpc) is 2.69. The molecule has 1 aliphatic rings. The predicted molar refractivity (Wildman–Crippen MR) is 105 cm³/mol. The van der Waals surface area contributed by atoms with E-state index in [0.717, 1.165) is 57.2 Å². The van der Waals surface area contributed by atoms with Crippen LogP contribution in [0.2, 0.25) is 0 Å². The first kappa shape index (κ1) is 20.6. The van der Waals surface area contributed by atoms with E-state index in [9.17, 15) is 4.39 Å². The second kappa shape index (κ2) is 11.1. The standard InChI is InChI=1S/C20H33FN4O/c1-4-16(5-2)14-23-20(22-3)24-15-19(25-10-12-26-13-11-25)17-6-8-18(21)9-7-17/h6-9,16,19H,4-5,10-15H2,1-3H3,(H2,22,23,24). The van der Waals surface area contributed by atoms with E-state index in [4.69, 9.17) is 4.74 Å². The Balaban J connectivity index is 1.99. The highest BCUT2D eigenvalue weighted by molar-refractivity contribution is 5.79. The third-order valence-electron chi connectivity index (χ3n) is 5.14. The maximum atomic E-state index is 13.3. The van der Waals surface area contributed by atoms with Gasteiger partial charge in [0.15, 0.2) is 5.96 Å². The van der Waals surface area contributed by atoms with Crippen LogP contribution >= 0.6 is 0 Å². The molecule has 26 heavy (non-hydrogen) atoms. The van der Waals surface area contributed by atoms with Gasteiger partial charge in [0.2, 0.25) is 0 Å². The number of aliphatic imine (C=N–C) groups is 1. The van der Waals surface area contributed by atoms with Crippen molar-refractivity contribution in [3.63, 3.8) is 0 Å². The second-order valence-electron chi connectivity index (χ2n) is 6.73. The number of nitrogens with zero attached hydrogens (tertiary/aromatic N) is 2. The summed E-state index contributed by atoms with van der Waals surface area (Å²) in [5, 5.41) is 6.87. The molecule has 5 nitrogen and oxygen atoms in total. The third-order valence-corrected chi connectivity index (χ3v) is 5.14. The number of guanidine groups is 1. The number of hydrogen-bond donors (Lipinski definition) is 2. The number of nitrogens with one attached hydrogen (secondary N) is 2. The van der Waals surface area contributed by atoms with Crippen LogP contribution in [0.3, 0.4) is 0 Å². The van der Waals surface area contributed by atoms with Crippen molar-refractivity contribution in [2.75, 3.05) is 46.4 Å². The monoisotopic (exact) mass is 364 g/mol. The van der Waals surface area contributed by atoms with Gasteiger partial charge in [-0.15, -0.1) is 0 Å². The Morgan fingerprint density at radius 3 is 2.31 bits per heavy atom. The lowest BCUT2D eigenvalue weighted by Gasteiger charge is -2.35. The van der Waals surface area contributed by atoms with Gasteiger partial charge in [-0.1, -0.05) is 38.8 Å². The zero-order valence-corrected chi connectivity index (χ0v) is 16.3. The van der Waals surface area contributed by atoms with Crippen LogP contribution in [-0.2, 0) is 4.74 Å². The van der Waals surface area contributed by atoms with Gasteiger partial charge >= 0.3 is 0 Å². The molecule has 0 amide bonds. The van der Waals surface area contributed by atoms with Crippen LogP contribution in [0.4, 0.5) is 4.39 Å². The zero-order valence-electron chi connectivity index (χ0n) is 16.3. The molecule has 0 aliphatic carbocycles. The van der Waals surface area contributed by atoms with Gasteiger partial charge in [-0.3, -0.25) is 9.89 Å². The van der Waals surface area contributed by atoms with Crippen molar-refractivity contribution in [1.29, 1.82) is 0 Å². The summed E-state index contributed by atoms with van der Waals surface area (Å²) in [5.74, 6) is 1.27. The Morgan fingerprint density at radius 2 is 1.73 bits per heavy atom. The predicted octanol–water partition coefficient (Wildman–Crippen LogP) is 2.80. The molecule has 0 bridgehead atoms. The molecule has 1 aromatic rings. The maximum absolute atomic E-state index is 13.3. The Bertz CT molecular complexity index is 539. The molecule has 2 rings (SSSR count). The van der Waals surface area contributed by atoms with E-state index in [1.807, 2.05) is 12.1 Å². The van der Waals surface area contributed by atoms with Crippen molar-refractivity contribution in [2.24, 2.45) is 10.9 Å². The first-order valence-corrected chi connectivity index (χ1v) is 9.69. The van der Waals surface area contributed by atoms with Gasteiger partial charge in [-0.25, -0.2) is 4.39 Å². The summed E-state index contributed by atoms with van der Waals surface area (Å²) in [6.07, 6.45) is 2.32. The van der Waals surface area contributed by atoms with E-state index < -0.39 is 0 Å². The van der Waals surface area contributed by atoms with E-state index in [2.05, 4.69) is 34.4 Å². The number of rotatable bonds is 8. The molecule has 1 aliphatic heterocycles. The minimum absolute atomic E-state index is 0.159. The summed E-state index contributed by atoms with van der Waals surface area (Å²) in [7, 11) is 1.80. The Hall–Kier alpha value is -1.66. The van der Waals surface area contributed by atoms with E-state index in [-0.39, 0.29) is 11.9 Å². The average molecular weight is 365 g/mol. The first-order chi connectivity index (χ1) is 12.7. The van der Waals surface area contributed by atoms with Gasteiger partial charge in [-0.2, -0.15) is 0 Å². The van der Waals surface area contributed by atoms with Crippen LogP contribution in [0.15, 0.2) is 29.3 Å². The minimum atomic E-state index is -0.204. The molecule has 2 N–H and O–H groups in total. The number of benzene rings is 1.